The first-order valence-corrected chi connectivity index (χ1v) is 14.4. The lowest BCUT2D eigenvalue weighted by atomic mass is 9.96. The predicted molar refractivity (Wildman–Crippen MR) is 164 cm³/mol. The summed E-state index contributed by atoms with van der Waals surface area (Å²) in [7, 11) is 0. The van der Waals surface area contributed by atoms with Crippen LogP contribution in [0.1, 0.15) is 42.4 Å². The quantitative estimate of drug-likeness (QED) is 0.120. The number of allylic oxidation sites excluding steroid dienone is 1. The molecule has 10 nitrogen and oxygen atoms in total. The van der Waals surface area contributed by atoms with Gasteiger partial charge in [0, 0.05) is 29.2 Å². The lowest BCUT2D eigenvalue weighted by molar-refractivity contribution is -0.384. The van der Waals surface area contributed by atoms with Gasteiger partial charge in [0.1, 0.15) is 12.4 Å². The normalized spacial score (nSPS) is 14.7. The fourth-order valence-electron chi connectivity index (χ4n) is 5.20. The van der Waals surface area contributed by atoms with E-state index in [1.54, 1.807) is 48.8 Å². The lowest BCUT2D eigenvalue weighted by Crippen LogP contribution is -2.39. The van der Waals surface area contributed by atoms with Gasteiger partial charge >= 0.3 is 5.97 Å². The summed E-state index contributed by atoms with van der Waals surface area (Å²) < 4.78 is 15.0. The number of carbonyl (C=O) groups excluding carboxylic acids is 1. The number of carbonyl (C=O) groups is 1. The third kappa shape index (κ3) is 5.59. The van der Waals surface area contributed by atoms with E-state index < -0.39 is 16.9 Å². The number of hydrogen-bond acceptors (Lipinski definition) is 8. The van der Waals surface area contributed by atoms with Crippen LogP contribution in [0, 0.1) is 24.0 Å². The number of nitrogens with zero attached hydrogens (tertiary/aromatic N) is 4. The summed E-state index contributed by atoms with van der Waals surface area (Å²) in [6.45, 7) is 11.6. The Morgan fingerprint density at radius 3 is 2.47 bits per heavy atom. The largest absolute Gasteiger partial charge is 0.490 e. The number of rotatable bonds is 9. The van der Waals surface area contributed by atoms with Crippen LogP contribution >= 0.6 is 11.3 Å². The van der Waals surface area contributed by atoms with E-state index in [1.807, 2.05) is 42.7 Å². The van der Waals surface area contributed by atoms with E-state index in [0.29, 0.717) is 38.5 Å². The Bertz CT molecular complexity index is 1950. The van der Waals surface area contributed by atoms with Crippen LogP contribution in [0.4, 0.5) is 5.69 Å². The zero-order valence-corrected chi connectivity index (χ0v) is 25.0. The molecule has 0 bridgehead atoms. The van der Waals surface area contributed by atoms with Crippen molar-refractivity contribution in [1.29, 1.82) is 0 Å². The van der Waals surface area contributed by atoms with Crippen molar-refractivity contribution in [3.8, 4) is 11.4 Å². The van der Waals surface area contributed by atoms with Crippen molar-refractivity contribution in [1.82, 2.24) is 9.13 Å². The summed E-state index contributed by atoms with van der Waals surface area (Å²) in [5.74, 6) is 0.111. The first kappa shape index (κ1) is 29.5. The number of ether oxygens (including phenoxy) is 2. The van der Waals surface area contributed by atoms with E-state index in [1.165, 1.54) is 23.5 Å². The number of nitro groups is 1. The molecule has 1 aliphatic rings. The van der Waals surface area contributed by atoms with Gasteiger partial charge in [-0.25, -0.2) is 9.79 Å². The van der Waals surface area contributed by atoms with Crippen molar-refractivity contribution < 1.29 is 19.2 Å². The molecule has 1 atom stereocenters. The zero-order chi connectivity index (χ0) is 30.8. The van der Waals surface area contributed by atoms with Crippen molar-refractivity contribution in [3.63, 3.8) is 0 Å². The monoisotopic (exact) mass is 598 g/mol. The maximum absolute atomic E-state index is 14.0. The summed E-state index contributed by atoms with van der Waals surface area (Å²) in [6, 6.07) is 14.8. The first-order valence-electron chi connectivity index (χ1n) is 13.6. The Morgan fingerprint density at radius 2 is 1.84 bits per heavy atom. The molecular formula is C32H30N4O6S. The maximum Gasteiger partial charge on any atom is 0.338 e. The van der Waals surface area contributed by atoms with Crippen molar-refractivity contribution in [3.05, 3.63) is 131 Å². The number of nitro benzene ring substituents is 1. The Morgan fingerprint density at radius 1 is 1.14 bits per heavy atom. The van der Waals surface area contributed by atoms with Crippen LogP contribution in [-0.2, 0) is 9.53 Å². The SMILES string of the molecule is C=CCOc1ccc([C@H]2C(C(=O)OCC)=C(C)N=c3s/c(=C\c4cc(C)n(-c5ccc([N+](=O)[O-])cc5)c4C)c(=O)n32)cc1. The molecule has 0 N–H and O–H groups in total. The van der Waals surface area contributed by atoms with Crippen LogP contribution in [0.25, 0.3) is 11.8 Å². The highest BCUT2D eigenvalue weighted by molar-refractivity contribution is 7.07. The van der Waals surface area contributed by atoms with E-state index in [0.717, 1.165) is 22.6 Å². The van der Waals surface area contributed by atoms with Crippen LogP contribution in [0.15, 0.2) is 88.3 Å². The van der Waals surface area contributed by atoms with Gasteiger partial charge in [0.2, 0.25) is 0 Å². The number of aryl methyl sites for hydroxylation is 1. The van der Waals surface area contributed by atoms with Gasteiger partial charge in [-0.15, -0.1) is 0 Å². The van der Waals surface area contributed by atoms with E-state index in [9.17, 15) is 19.7 Å². The summed E-state index contributed by atoms with van der Waals surface area (Å²) in [5.41, 5.74) is 4.60. The summed E-state index contributed by atoms with van der Waals surface area (Å²) in [4.78, 5) is 43.0. The van der Waals surface area contributed by atoms with Gasteiger partial charge in [-0.05, 0) is 75.2 Å². The maximum atomic E-state index is 14.0. The fraction of sp³-hybridized carbons (Fsp3) is 0.219. The van der Waals surface area contributed by atoms with Crippen LogP contribution in [-0.4, -0.2) is 33.2 Å². The summed E-state index contributed by atoms with van der Waals surface area (Å²) in [5, 5.41) is 11.1. The molecule has 0 amide bonds. The third-order valence-corrected chi connectivity index (χ3v) is 8.14. The van der Waals surface area contributed by atoms with Gasteiger partial charge in [0.25, 0.3) is 11.2 Å². The fourth-order valence-corrected chi connectivity index (χ4v) is 6.24. The number of non-ortho nitro benzene ring substituents is 1. The van der Waals surface area contributed by atoms with Crippen LogP contribution in [0.2, 0.25) is 0 Å². The number of thiazole rings is 1. The van der Waals surface area contributed by atoms with Crippen molar-refractivity contribution in [2.75, 3.05) is 13.2 Å². The average Bonchev–Trinajstić information content (AvgIpc) is 3.44. The van der Waals surface area contributed by atoms with Crippen LogP contribution < -0.4 is 19.6 Å². The smallest absolute Gasteiger partial charge is 0.338 e. The standard InChI is InChI=1S/C32H30N4O6S/c1-6-16-42-26-14-8-22(9-15-26)29-28(31(38)41-7-2)20(4)33-32-35(29)30(37)27(43-32)18-23-17-19(3)34(21(23)5)24-10-12-25(13-11-24)36(39)40/h6,8-15,17-18,29H,1,7,16H2,2-5H3/b27-18-/t29-/m0/s1. The number of benzene rings is 2. The topological polar surface area (TPSA) is 118 Å². The summed E-state index contributed by atoms with van der Waals surface area (Å²) in [6.07, 6.45) is 3.47. The number of fused-ring (bicyclic) bond motifs is 1. The molecule has 0 saturated carbocycles. The second kappa shape index (κ2) is 12.1. The van der Waals surface area contributed by atoms with E-state index in [-0.39, 0.29) is 17.9 Å². The molecule has 1 aliphatic heterocycles. The van der Waals surface area contributed by atoms with Gasteiger partial charge in [-0.3, -0.25) is 19.5 Å². The van der Waals surface area contributed by atoms with Crippen LogP contribution in [0.5, 0.6) is 5.75 Å². The highest BCUT2D eigenvalue weighted by Gasteiger charge is 2.33. The molecule has 0 unspecified atom stereocenters. The zero-order valence-electron chi connectivity index (χ0n) is 24.2. The van der Waals surface area contributed by atoms with Gasteiger partial charge in [-0.1, -0.05) is 36.1 Å². The first-order chi connectivity index (χ1) is 20.6. The van der Waals surface area contributed by atoms with Gasteiger partial charge in [0.15, 0.2) is 4.80 Å². The minimum atomic E-state index is -0.738. The Balaban J connectivity index is 1.63. The minimum Gasteiger partial charge on any atom is -0.490 e. The minimum absolute atomic E-state index is 0.0125. The lowest BCUT2D eigenvalue weighted by Gasteiger charge is -2.24. The van der Waals surface area contributed by atoms with Crippen molar-refractivity contribution >= 4 is 29.1 Å². The predicted octanol–water partition coefficient (Wildman–Crippen LogP) is 4.68. The van der Waals surface area contributed by atoms with Gasteiger partial charge in [0.05, 0.1) is 33.4 Å². The highest BCUT2D eigenvalue weighted by atomic mass is 32.1. The summed E-state index contributed by atoms with van der Waals surface area (Å²) >= 11 is 1.25. The average molecular weight is 599 g/mol. The number of esters is 1. The molecule has 0 aliphatic carbocycles. The van der Waals surface area contributed by atoms with Crippen molar-refractivity contribution in [2.24, 2.45) is 4.99 Å². The number of aromatic nitrogens is 2. The molecule has 0 radical (unpaired) electrons. The molecule has 11 heteroatoms. The van der Waals surface area contributed by atoms with Gasteiger partial charge < -0.3 is 14.0 Å². The van der Waals surface area contributed by atoms with E-state index in [2.05, 4.69) is 11.6 Å². The van der Waals surface area contributed by atoms with E-state index >= 15 is 0 Å². The molecule has 43 heavy (non-hydrogen) atoms. The molecule has 0 fully saturated rings. The van der Waals surface area contributed by atoms with Gasteiger partial charge in [-0.2, -0.15) is 0 Å². The molecular weight excluding hydrogens is 568 g/mol. The van der Waals surface area contributed by atoms with E-state index in [4.69, 9.17) is 9.47 Å². The molecule has 2 aromatic carbocycles. The Labute approximate surface area is 251 Å². The molecule has 3 heterocycles. The van der Waals surface area contributed by atoms with Crippen molar-refractivity contribution in [2.45, 2.75) is 33.7 Å². The second-order valence-electron chi connectivity index (χ2n) is 9.91. The second-order valence-corrected chi connectivity index (χ2v) is 10.9. The molecule has 5 rings (SSSR count). The molecule has 0 spiro atoms. The third-order valence-electron chi connectivity index (χ3n) is 7.16. The van der Waals surface area contributed by atoms with Crippen LogP contribution in [0.3, 0.4) is 0 Å². The molecule has 4 aromatic rings. The number of hydrogen-bond donors (Lipinski definition) is 0. The Kier molecular flexibility index (Phi) is 8.27. The molecule has 0 saturated heterocycles. The highest BCUT2D eigenvalue weighted by Crippen LogP contribution is 2.32. The molecule has 220 valence electrons. The Hall–Kier alpha value is -5.03. The molecule has 2 aromatic heterocycles.